The molecule has 0 bridgehead atoms. The molecule has 0 spiro atoms. The van der Waals surface area contributed by atoms with Crippen molar-refractivity contribution in [1.29, 1.82) is 0 Å². The van der Waals surface area contributed by atoms with Crippen molar-refractivity contribution in [3.8, 4) is 0 Å². The van der Waals surface area contributed by atoms with E-state index < -0.39 is 0 Å². The van der Waals surface area contributed by atoms with Gasteiger partial charge in [0.25, 0.3) is 0 Å². The average Bonchev–Trinajstić information content (AvgIpc) is 2.93. The molecule has 84 valence electrons. The van der Waals surface area contributed by atoms with Gasteiger partial charge in [0.05, 0.1) is 6.10 Å². The van der Waals surface area contributed by atoms with Gasteiger partial charge in [-0.05, 0) is 45.1 Å². The van der Waals surface area contributed by atoms with Crippen LogP contribution in [0.5, 0.6) is 0 Å². The third-order valence-corrected chi connectivity index (χ3v) is 2.97. The van der Waals surface area contributed by atoms with Gasteiger partial charge < -0.3 is 10.1 Å². The Morgan fingerprint density at radius 2 is 1.79 bits per heavy atom. The van der Waals surface area contributed by atoms with E-state index in [0.717, 1.165) is 19.2 Å². The molecule has 0 saturated heterocycles. The lowest BCUT2D eigenvalue weighted by Gasteiger charge is -2.21. The molecule has 14 heavy (non-hydrogen) atoms. The highest BCUT2D eigenvalue weighted by Gasteiger charge is 2.22. The predicted molar refractivity (Wildman–Crippen MR) is 60.4 cm³/mol. The van der Waals surface area contributed by atoms with E-state index in [1.165, 1.54) is 12.8 Å². The second-order valence-electron chi connectivity index (χ2n) is 5.02. The maximum Gasteiger partial charge on any atom is 0.0519 e. The molecule has 0 amide bonds. The first-order valence-electron chi connectivity index (χ1n) is 5.94. The van der Waals surface area contributed by atoms with Crippen LogP contribution < -0.4 is 5.32 Å². The van der Waals surface area contributed by atoms with Crippen LogP contribution in [-0.2, 0) is 4.74 Å². The van der Waals surface area contributed by atoms with Crippen molar-refractivity contribution in [1.82, 2.24) is 5.32 Å². The van der Waals surface area contributed by atoms with Crippen molar-refractivity contribution in [2.24, 2.45) is 11.8 Å². The van der Waals surface area contributed by atoms with Crippen LogP contribution in [0.1, 0.15) is 40.5 Å². The zero-order chi connectivity index (χ0) is 10.6. The van der Waals surface area contributed by atoms with E-state index in [0.29, 0.717) is 17.9 Å². The third-order valence-electron chi connectivity index (χ3n) is 2.97. The fourth-order valence-corrected chi connectivity index (χ4v) is 1.35. The number of nitrogens with one attached hydrogen (secondary N) is 1. The Labute approximate surface area is 88.4 Å². The van der Waals surface area contributed by atoms with Gasteiger partial charge in [-0.3, -0.25) is 0 Å². The van der Waals surface area contributed by atoms with Gasteiger partial charge in [0.2, 0.25) is 0 Å². The van der Waals surface area contributed by atoms with E-state index >= 15 is 0 Å². The molecule has 2 atom stereocenters. The van der Waals surface area contributed by atoms with E-state index in [1.54, 1.807) is 0 Å². The monoisotopic (exact) mass is 199 g/mol. The summed E-state index contributed by atoms with van der Waals surface area (Å²) >= 11 is 0. The summed E-state index contributed by atoms with van der Waals surface area (Å²) in [5.41, 5.74) is 0. The lowest BCUT2D eigenvalue weighted by Crippen LogP contribution is -2.29. The molecule has 0 aromatic rings. The van der Waals surface area contributed by atoms with Crippen LogP contribution >= 0.6 is 0 Å². The molecule has 0 radical (unpaired) electrons. The van der Waals surface area contributed by atoms with Crippen molar-refractivity contribution in [2.45, 2.75) is 52.7 Å². The van der Waals surface area contributed by atoms with E-state index in [1.807, 2.05) is 0 Å². The van der Waals surface area contributed by atoms with Crippen LogP contribution in [0, 0.1) is 11.8 Å². The summed E-state index contributed by atoms with van der Waals surface area (Å²) in [5.74, 6) is 1.37. The summed E-state index contributed by atoms with van der Waals surface area (Å²) < 4.78 is 5.62. The van der Waals surface area contributed by atoms with E-state index in [-0.39, 0.29) is 0 Å². The summed E-state index contributed by atoms with van der Waals surface area (Å²) in [6.07, 6.45) is 3.12. The van der Waals surface area contributed by atoms with Crippen LogP contribution in [0.15, 0.2) is 0 Å². The Kier molecular flexibility index (Phi) is 4.90. The second-order valence-corrected chi connectivity index (χ2v) is 5.02. The number of hydrogen-bond acceptors (Lipinski definition) is 2. The Hall–Kier alpha value is -0.0800. The third kappa shape index (κ3) is 4.97. The van der Waals surface area contributed by atoms with Gasteiger partial charge in [-0.15, -0.1) is 0 Å². The van der Waals surface area contributed by atoms with Gasteiger partial charge in [0.15, 0.2) is 0 Å². The van der Waals surface area contributed by atoms with Crippen molar-refractivity contribution in [3.63, 3.8) is 0 Å². The normalized spacial score (nSPS) is 21.2. The molecule has 1 saturated carbocycles. The molecule has 0 aromatic carbocycles. The fourth-order valence-electron chi connectivity index (χ4n) is 1.35. The van der Waals surface area contributed by atoms with Crippen LogP contribution in [0.4, 0.5) is 0 Å². The van der Waals surface area contributed by atoms with Crippen LogP contribution in [0.3, 0.4) is 0 Å². The molecule has 2 unspecified atom stereocenters. The molecule has 0 heterocycles. The average molecular weight is 199 g/mol. The lowest BCUT2D eigenvalue weighted by molar-refractivity contribution is 0.0421. The second kappa shape index (κ2) is 5.72. The highest BCUT2D eigenvalue weighted by Crippen LogP contribution is 2.20. The number of ether oxygens (including phenoxy) is 1. The van der Waals surface area contributed by atoms with Crippen LogP contribution in [-0.4, -0.2) is 25.3 Å². The van der Waals surface area contributed by atoms with Gasteiger partial charge in [0, 0.05) is 12.6 Å². The highest BCUT2D eigenvalue weighted by molar-refractivity contribution is 4.81. The minimum atomic E-state index is 0.362. The Balaban J connectivity index is 2.04. The quantitative estimate of drug-likeness (QED) is 0.680. The molecule has 2 nitrogen and oxygen atoms in total. The minimum absolute atomic E-state index is 0.362. The first-order valence-corrected chi connectivity index (χ1v) is 5.94. The smallest absolute Gasteiger partial charge is 0.0519 e. The highest BCUT2D eigenvalue weighted by atomic mass is 16.5. The molecule has 1 aliphatic rings. The molecular formula is C12H25NO. The Morgan fingerprint density at radius 1 is 1.14 bits per heavy atom. The van der Waals surface area contributed by atoms with Gasteiger partial charge in [-0.1, -0.05) is 13.8 Å². The molecular weight excluding hydrogens is 174 g/mol. The van der Waals surface area contributed by atoms with Crippen LogP contribution in [0.2, 0.25) is 0 Å². The van der Waals surface area contributed by atoms with Crippen LogP contribution in [0.25, 0.3) is 0 Å². The summed E-state index contributed by atoms with van der Waals surface area (Å²) in [4.78, 5) is 0. The summed E-state index contributed by atoms with van der Waals surface area (Å²) in [7, 11) is 0. The summed E-state index contributed by atoms with van der Waals surface area (Å²) in [6.45, 7) is 10.8. The van der Waals surface area contributed by atoms with E-state index in [9.17, 15) is 0 Å². The first kappa shape index (κ1) is 12.0. The predicted octanol–water partition coefficient (Wildman–Crippen LogP) is 2.44. The molecule has 1 aliphatic carbocycles. The van der Waals surface area contributed by atoms with Crippen molar-refractivity contribution >= 4 is 0 Å². The van der Waals surface area contributed by atoms with Crippen molar-refractivity contribution in [2.75, 3.05) is 13.2 Å². The molecule has 2 heteroatoms. The van der Waals surface area contributed by atoms with Gasteiger partial charge in [0.1, 0.15) is 0 Å². The Bertz CT molecular complexity index is 144. The van der Waals surface area contributed by atoms with E-state index in [4.69, 9.17) is 4.74 Å². The minimum Gasteiger partial charge on any atom is -0.379 e. The molecule has 0 aromatic heterocycles. The zero-order valence-electron chi connectivity index (χ0n) is 10.0. The summed E-state index contributed by atoms with van der Waals surface area (Å²) in [5, 5.41) is 3.57. The maximum atomic E-state index is 5.62. The maximum absolute atomic E-state index is 5.62. The zero-order valence-corrected chi connectivity index (χ0v) is 10.0. The van der Waals surface area contributed by atoms with Gasteiger partial charge in [-0.25, -0.2) is 0 Å². The lowest BCUT2D eigenvalue weighted by atomic mass is 9.97. The molecule has 1 fully saturated rings. The van der Waals surface area contributed by atoms with Gasteiger partial charge >= 0.3 is 0 Å². The number of hydrogen-bond donors (Lipinski definition) is 1. The van der Waals surface area contributed by atoms with E-state index in [2.05, 4.69) is 33.0 Å². The topological polar surface area (TPSA) is 21.3 Å². The Morgan fingerprint density at radius 3 is 2.29 bits per heavy atom. The molecule has 0 aliphatic heterocycles. The molecule has 1 N–H and O–H groups in total. The van der Waals surface area contributed by atoms with Gasteiger partial charge in [-0.2, -0.15) is 0 Å². The molecule has 1 rings (SSSR count). The summed E-state index contributed by atoms with van der Waals surface area (Å²) in [6, 6.07) is 0.829. The van der Waals surface area contributed by atoms with Crippen molar-refractivity contribution in [3.05, 3.63) is 0 Å². The fraction of sp³-hybridized carbons (Fsp3) is 1.00. The standard InChI is InChI=1S/C12H25NO/c1-9(2)14-8-11(4)10(3)7-13-12-5-6-12/h9-13H,5-8H2,1-4H3. The first-order chi connectivity index (χ1) is 6.59. The number of rotatable bonds is 7. The van der Waals surface area contributed by atoms with Crippen molar-refractivity contribution < 1.29 is 4.74 Å². The SMILES string of the molecule is CC(C)OCC(C)C(C)CNC1CC1. The largest absolute Gasteiger partial charge is 0.379 e.